The molecule has 0 unspecified atom stereocenters. The first-order valence-corrected chi connectivity index (χ1v) is 9.33. The summed E-state index contributed by atoms with van der Waals surface area (Å²) in [6, 6.07) is 3.18. The molecule has 2 aromatic heterocycles. The van der Waals surface area contributed by atoms with Gasteiger partial charge in [0.1, 0.15) is 0 Å². The summed E-state index contributed by atoms with van der Waals surface area (Å²) >= 11 is 1.22. The summed E-state index contributed by atoms with van der Waals surface area (Å²) in [4.78, 5) is 28.3. The molecule has 0 aliphatic heterocycles. The first-order valence-electron chi connectivity index (χ1n) is 8.45. The summed E-state index contributed by atoms with van der Waals surface area (Å²) < 4.78 is 1.85. The summed E-state index contributed by atoms with van der Waals surface area (Å²) in [6.07, 6.45) is 5.11. The molecule has 1 atom stereocenters. The first kappa shape index (κ1) is 20.6. The van der Waals surface area contributed by atoms with E-state index in [0.29, 0.717) is 17.5 Å². The van der Waals surface area contributed by atoms with Crippen LogP contribution in [0.25, 0.3) is 11.4 Å². The number of nitrogens with one attached hydrogen (secondary N) is 2. The lowest BCUT2D eigenvalue weighted by Crippen LogP contribution is -2.49. The van der Waals surface area contributed by atoms with Gasteiger partial charge in [0.15, 0.2) is 11.0 Å². The Balaban J connectivity index is 2.12. The molecule has 0 radical (unpaired) electrons. The van der Waals surface area contributed by atoms with Crippen LogP contribution in [0.5, 0.6) is 0 Å². The first-order chi connectivity index (χ1) is 12.7. The number of imide groups is 1. The monoisotopic (exact) mass is 388 g/mol. The molecular weight excluding hydrogens is 364 g/mol. The van der Waals surface area contributed by atoms with Crippen LogP contribution in [-0.2, 0) is 11.3 Å². The molecule has 27 heavy (non-hydrogen) atoms. The maximum atomic E-state index is 12.3. The third kappa shape index (κ3) is 5.92. The number of nitrogens with zero attached hydrogens (tertiary/aromatic N) is 4. The SMILES string of the molecule is C=CCn1c(S[C@@H](C)C(=O)NC(=O)NC(C)(C)C)nnc1-c1cccnc1. The number of allylic oxidation sites excluding steroid dienone is 1. The molecule has 0 aliphatic carbocycles. The van der Waals surface area contributed by atoms with Crippen LogP contribution in [0.15, 0.2) is 42.3 Å². The Morgan fingerprint density at radius 1 is 1.37 bits per heavy atom. The molecule has 2 heterocycles. The van der Waals surface area contributed by atoms with E-state index < -0.39 is 22.7 Å². The van der Waals surface area contributed by atoms with Crippen LogP contribution in [0.1, 0.15) is 27.7 Å². The van der Waals surface area contributed by atoms with Gasteiger partial charge in [0.25, 0.3) is 0 Å². The molecule has 0 fully saturated rings. The molecule has 0 aromatic carbocycles. The van der Waals surface area contributed by atoms with Crippen molar-refractivity contribution < 1.29 is 9.59 Å². The van der Waals surface area contributed by atoms with Gasteiger partial charge in [-0.05, 0) is 39.8 Å². The molecule has 144 valence electrons. The van der Waals surface area contributed by atoms with E-state index in [0.717, 1.165) is 5.56 Å². The fourth-order valence-corrected chi connectivity index (χ4v) is 3.03. The molecule has 0 saturated heterocycles. The number of hydrogen-bond donors (Lipinski definition) is 2. The van der Waals surface area contributed by atoms with E-state index in [1.807, 2.05) is 37.5 Å². The summed E-state index contributed by atoms with van der Waals surface area (Å²) in [7, 11) is 0. The van der Waals surface area contributed by atoms with E-state index >= 15 is 0 Å². The largest absolute Gasteiger partial charge is 0.333 e. The second-order valence-corrected chi connectivity index (χ2v) is 8.21. The van der Waals surface area contributed by atoms with Gasteiger partial charge in [-0.25, -0.2) is 4.79 Å². The van der Waals surface area contributed by atoms with E-state index in [9.17, 15) is 9.59 Å². The number of hydrogen-bond acceptors (Lipinski definition) is 6. The van der Waals surface area contributed by atoms with Crippen molar-refractivity contribution in [1.82, 2.24) is 30.4 Å². The van der Waals surface area contributed by atoms with Gasteiger partial charge in [-0.15, -0.1) is 16.8 Å². The minimum Gasteiger partial charge on any atom is -0.333 e. The van der Waals surface area contributed by atoms with Crippen LogP contribution < -0.4 is 10.6 Å². The molecule has 0 bridgehead atoms. The van der Waals surface area contributed by atoms with Gasteiger partial charge in [-0.3, -0.25) is 19.7 Å². The lowest BCUT2D eigenvalue weighted by atomic mass is 10.1. The molecule has 0 aliphatic rings. The molecule has 0 saturated carbocycles. The highest BCUT2D eigenvalue weighted by atomic mass is 32.2. The standard InChI is InChI=1S/C18H24N6O2S/c1-6-10-24-14(13-8-7-9-19-11-13)22-23-17(24)27-12(2)15(25)20-16(26)21-18(3,4)5/h6-9,11-12H,1,10H2,2-5H3,(H2,20,21,25,26)/t12-/m0/s1. The topological polar surface area (TPSA) is 102 Å². The maximum Gasteiger partial charge on any atom is 0.321 e. The number of carbonyl (C=O) groups excluding carboxylic acids is 2. The zero-order valence-corrected chi connectivity index (χ0v) is 16.7. The van der Waals surface area contributed by atoms with Crippen molar-refractivity contribution in [3.63, 3.8) is 0 Å². The van der Waals surface area contributed by atoms with E-state index in [1.54, 1.807) is 25.4 Å². The second-order valence-electron chi connectivity index (χ2n) is 6.90. The van der Waals surface area contributed by atoms with Gasteiger partial charge in [0.2, 0.25) is 5.91 Å². The minimum atomic E-state index is -0.537. The smallest absolute Gasteiger partial charge is 0.321 e. The van der Waals surface area contributed by atoms with Gasteiger partial charge in [-0.2, -0.15) is 0 Å². The van der Waals surface area contributed by atoms with Crippen molar-refractivity contribution >= 4 is 23.7 Å². The van der Waals surface area contributed by atoms with Crippen LogP contribution in [-0.4, -0.2) is 42.5 Å². The van der Waals surface area contributed by atoms with E-state index in [-0.39, 0.29) is 0 Å². The Labute approximate surface area is 162 Å². The van der Waals surface area contributed by atoms with Gasteiger partial charge in [0.05, 0.1) is 5.25 Å². The average Bonchev–Trinajstić information content (AvgIpc) is 2.96. The summed E-state index contributed by atoms with van der Waals surface area (Å²) in [5.74, 6) is 0.237. The Kier molecular flexibility index (Phi) is 6.73. The summed E-state index contributed by atoms with van der Waals surface area (Å²) in [5.41, 5.74) is 0.393. The molecule has 2 rings (SSSR count). The Hall–Kier alpha value is -2.68. The number of pyridine rings is 1. The van der Waals surface area contributed by atoms with Gasteiger partial charge in [-0.1, -0.05) is 17.8 Å². The molecule has 2 N–H and O–H groups in total. The van der Waals surface area contributed by atoms with Crippen LogP contribution in [0.4, 0.5) is 4.79 Å². The predicted molar refractivity (Wildman–Crippen MR) is 105 cm³/mol. The Morgan fingerprint density at radius 3 is 2.70 bits per heavy atom. The van der Waals surface area contributed by atoms with Crippen LogP contribution >= 0.6 is 11.8 Å². The van der Waals surface area contributed by atoms with Crippen LogP contribution in [0, 0.1) is 0 Å². The van der Waals surface area contributed by atoms with E-state index in [2.05, 4.69) is 32.4 Å². The quantitative estimate of drug-likeness (QED) is 0.583. The third-order valence-corrected chi connectivity index (χ3v) is 4.41. The van der Waals surface area contributed by atoms with Crippen molar-refractivity contribution in [3.8, 4) is 11.4 Å². The highest BCUT2D eigenvalue weighted by Crippen LogP contribution is 2.26. The van der Waals surface area contributed by atoms with Gasteiger partial charge >= 0.3 is 6.03 Å². The van der Waals surface area contributed by atoms with Crippen LogP contribution in [0.2, 0.25) is 0 Å². The fourth-order valence-electron chi connectivity index (χ4n) is 2.18. The number of thioether (sulfide) groups is 1. The number of amides is 3. The number of urea groups is 1. The van der Waals surface area contributed by atoms with Crippen molar-refractivity contribution in [2.45, 2.75) is 50.2 Å². The molecule has 2 aromatic rings. The lowest BCUT2D eigenvalue weighted by molar-refractivity contribution is -0.119. The molecular formula is C18H24N6O2S. The van der Waals surface area contributed by atoms with Crippen molar-refractivity contribution in [3.05, 3.63) is 37.2 Å². The van der Waals surface area contributed by atoms with Gasteiger partial charge < -0.3 is 5.32 Å². The molecule has 3 amide bonds. The summed E-state index contributed by atoms with van der Waals surface area (Å²) in [6.45, 7) is 11.5. The Morgan fingerprint density at radius 2 is 2.11 bits per heavy atom. The normalized spacial score (nSPS) is 12.3. The van der Waals surface area contributed by atoms with Crippen molar-refractivity contribution in [2.24, 2.45) is 0 Å². The average molecular weight is 388 g/mol. The van der Waals surface area contributed by atoms with Crippen molar-refractivity contribution in [1.29, 1.82) is 0 Å². The number of carbonyl (C=O) groups is 2. The minimum absolute atomic E-state index is 0.405. The van der Waals surface area contributed by atoms with E-state index in [4.69, 9.17) is 0 Å². The number of aromatic nitrogens is 4. The van der Waals surface area contributed by atoms with Crippen molar-refractivity contribution in [2.75, 3.05) is 0 Å². The molecule has 9 heteroatoms. The summed E-state index contributed by atoms with van der Waals surface area (Å²) in [5, 5.41) is 13.5. The Bertz CT molecular complexity index is 813. The zero-order chi connectivity index (χ0) is 20.0. The van der Waals surface area contributed by atoms with Gasteiger partial charge in [0, 0.05) is 30.0 Å². The zero-order valence-electron chi connectivity index (χ0n) is 15.9. The second kappa shape index (κ2) is 8.81. The highest BCUT2D eigenvalue weighted by Gasteiger charge is 2.23. The van der Waals surface area contributed by atoms with Crippen LogP contribution in [0.3, 0.4) is 0 Å². The fraction of sp³-hybridized carbons (Fsp3) is 0.389. The maximum absolute atomic E-state index is 12.3. The molecule has 0 spiro atoms. The predicted octanol–water partition coefficient (Wildman–Crippen LogP) is 2.63. The third-order valence-electron chi connectivity index (χ3n) is 3.32. The van der Waals surface area contributed by atoms with E-state index in [1.165, 1.54) is 11.8 Å². The number of rotatable bonds is 6. The molecule has 8 nitrogen and oxygen atoms in total. The lowest BCUT2D eigenvalue weighted by Gasteiger charge is -2.21. The highest BCUT2D eigenvalue weighted by molar-refractivity contribution is 8.00.